The Bertz CT molecular complexity index is 834. The van der Waals surface area contributed by atoms with Crippen LogP contribution in [-0.4, -0.2) is 39.1 Å². The number of benzene rings is 1. The van der Waals surface area contributed by atoms with Gasteiger partial charge in [-0.05, 0) is 30.0 Å². The number of nitrogens with two attached hydrogens (primary N) is 1. The first-order valence-corrected chi connectivity index (χ1v) is 7.37. The highest BCUT2D eigenvalue weighted by Gasteiger charge is 2.30. The minimum atomic E-state index is 0.0667. The summed E-state index contributed by atoms with van der Waals surface area (Å²) < 4.78 is 0. The van der Waals surface area contributed by atoms with E-state index in [4.69, 9.17) is 5.73 Å². The first kappa shape index (κ1) is 12.9. The molecule has 4 rings (SSSR count). The Kier molecular flexibility index (Phi) is 2.89. The molecule has 6 heteroatoms. The first-order valence-electron chi connectivity index (χ1n) is 7.37. The zero-order chi connectivity index (χ0) is 15.1. The van der Waals surface area contributed by atoms with Crippen LogP contribution in [0.3, 0.4) is 0 Å². The van der Waals surface area contributed by atoms with Crippen LogP contribution in [0, 0.1) is 0 Å². The maximum Gasteiger partial charge on any atom is 0.253 e. The van der Waals surface area contributed by atoms with Gasteiger partial charge >= 0.3 is 0 Å². The van der Waals surface area contributed by atoms with Gasteiger partial charge in [0, 0.05) is 36.3 Å². The number of hydrogen-bond acceptors (Lipinski definition) is 3. The fraction of sp³-hybridized carbons (Fsp3) is 0.250. The molecular weight excluding hydrogens is 278 g/mol. The number of carbonyl (C=O) groups is 1. The number of aromatic nitrogens is 3. The van der Waals surface area contributed by atoms with Crippen molar-refractivity contribution in [1.82, 2.24) is 20.1 Å². The molecule has 1 atom stereocenters. The summed E-state index contributed by atoms with van der Waals surface area (Å²) in [5.41, 5.74) is 9.22. The summed E-state index contributed by atoms with van der Waals surface area (Å²) in [5.74, 6) is 0.303. The molecule has 22 heavy (non-hydrogen) atoms. The van der Waals surface area contributed by atoms with Crippen LogP contribution in [0.4, 0.5) is 5.69 Å². The first-order chi connectivity index (χ1) is 10.7. The average Bonchev–Trinajstić information content (AvgIpc) is 3.25. The zero-order valence-electron chi connectivity index (χ0n) is 12.0. The fourth-order valence-electron chi connectivity index (χ4n) is 3.18. The van der Waals surface area contributed by atoms with Crippen molar-refractivity contribution >= 4 is 22.5 Å². The van der Waals surface area contributed by atoms with E-state index in [0.717, 1.165) is 29.6 Å². The molecule has 1 aliphatic heterocycles. The predicted octanol–water partition coefficient (Wildman–Crippen LogP) is 2.10. The predicted molar refractivity (Wildman–Crippen MR) is 84.6 cm³/mol. The lowest BCUT2D eigenvalue weighted by atomic mass is 10.0. The van der Waals surface area contributed by atoms with Crippen LogP contribution in [0.15, 0.2) is 36.7 Å². The van der Waals surface area contributed by atoms with E-state index in [9.17, 15) is 4.79 Å². The number of nitrogens with one attached hydrogen (secondary N) is 2. The maximum atomic E-state index is 12.7. The van der Waals surface area contributed by atoms with Crippen LogP contribution in [0.2, 0.25) is 0 Å². The molecule has 0 radical (unpaired) electrons. The number of likely N-dealkylation sites (tertiary alicyclic amines) is 1. The Balaban J connectivity index is 1.55. The van der Waals surface area contributed by atoms with Gasteiger partial charge in [0.1, 0.15) is 0 Å². The molecule has 1 amide bonds. The van der Waals surface area contributed by atoms with Gasteiger partial charge < -0.3 is 15.6 Å². The molecule has 1 aliphatic rings. The van der Waals surface area contributed by atoms with Crippen LogP contribution >= 0.6 is 0 Å². The van der Waals surface area contributed by atoms with Gasteiger partial charge in [0.15, 0.2) is 0 Å². The van der Waals surface area contributed by atoms with Gasteiger partial charge in [-0.1, -0.05) is 6.07 Å². The topological polar surface area (TPSA) is 90.8 Å². The third kappa shape index (κ3) is 2.04. The number of anilines is 1. The van der Waals surface area contributed by atoms with Crippen molar-refractivity contribution in [2.24, 2.45) is 0 Å². The molecule has 0 spiro atoms. The van der Waals surface area contributed by atoms with Crippen molar-refractivity contribution < 1.29 is 4.79 Å². The summed E-state index contributed by atoms with van der Waals surface area (Å²) in [4.78, 5) is 17.7. The zero-order valence-corrected chi connectivity index (χ0v) is 12.0. The molecule has 1 fully saturated rings. The lowest BCUT2D eigenvalue weighted by Crippen LogP contribution is -2.28. The van der Waals surface area contributed by atoms with Crippen molar-refractivity contribution in [2.75, 3.05) is 18.8 Å². The number of hydrogen-bond donors (Lipinski definition) is 3. The van der Waals surface area contributed by atoms with Crippen molar-refractivity contribution in [2.45, 2.75) is 12.3 Å². The van der Waals surface area contributed by atoms with E-state index in [1.54, 1.807) is 6.20 Å². The third-order valence-electron chi connectivity index (χ3n) is 4.39. The van der Waals surface area contributed by atoms with E-state index in [2.05, 4.69) is 15.2 Å². The van der Waals surface area contributed by atoms with Gasteiger partial charge in [0.05, 0.1) is 17.6 Å². The summed E-state index contributed by atoms with van der Waals surface area (Å²) in [6.45, 7) is 1.42. The minimum absolute atomic E-state index is 0.0667. The Morgan fingerprint density at radius 3 is 3.09 bits per heavy atom. The molecule has 6 nitrogen and oxygen atoms in total. The second-order valence-corrected chi connectivity index (χ2v) is 5.76. The molecule has 1 unspecified atom stereocenters. The van der Waals surface area contributed by atoms with Crippen molar-refractivity contribution in [3.63, 3.8) is 0 Å². The standard InChI is InChI=1S/C16H17N5O/c17-13-8-19-20-15(13)12-4-6-21(9-12)16(22)11-2-1-10-3-5-18-14(10)7-11/h1-3,5,7-8,12,18H,4,6,9,17H2,(H,19,20). The van der Waals surface area contributed by atoms with E-state index >= 15 is 0 Å². The Morgan fingerprint density at radius 2 is 2.27 bits per heavy atom. The second kappa shape index (κ2) is 4.91. The van der Waals surface area contributed by atoms with Gasteiger partial charge in [0.2, 0.25) is 0 Å². The molecule has 2 aromatic heterocycles. The molecule has 1 saturated heterocycles. The van der Waals surface area contributed by atoms with E-state index < -0.39 is 0 Å². The highest BCUT2D eigenvalue weighted by Crippen LogP contribution is 2.30. The average molecular weight is 295 g/mol. The van der Waals surface area contributed by atoms with Gasteiger partial charge in [0.25, 0.3) is 5.91 Å². The number of amides is 1. The van der Waals surface area contributed by atoms with Gasteiger partial charge in [-0.2, -0.15) is 5.10 Å². The summed E-state index contributed by atoms with van der Waals surface area (Å²) in [6.07, 6.45) is 4.41. The van der Waals surface area contributed by atoms with Crippen LogP contribution in [0.25, 0.3) is 10.9 Å². The summed E-state index contributed by atoms with van der Waals surface area (Å²) in [7, 11) is 0. The highest BCUT2D eigenvalue weighted by atomic mass is 16.2. The van der Waals surface area contributed by atoms with Gasteiger partial charge in [-0.15, -0.1) is 0 Å². The monoisotopic (exact) mass is 295 g/mol. The van der Waals surface area contributed by atoms with Gasteiger partial charge in [-0.3, -0.25) is 9.89 Å². The van der Waals surface area contributed by atoms with Crippen molar-refractivity contribution in [1.29, 1.82) is 0 Å². The van der Waals surface area contributed by atoms with Gasteiger partial charge in [-0.25, -0.2) is 0 Å². The fourth-order valence-corrected chi connectivity index (χ4v) is 3.18. The maximum absolute atomic E-state index is 12.7. The number of nitrogen functional groups attached to an aromatic ring is 1. The van der Waals surface area contributed by atoms with E-state index in [1.165, 1.54) is 0 Å². The SMILES string of the molecule is Nc1cn[nH]c1C1CCN(C(=O)c2ccc3cc[nH]c3c2)C1. The molecule has 1 aromatic carbocycles. The normalized spacial score (nSPS) is 18.2. The molecular formula is C16H17N5O. The lowest BCUT2D eigenvalue weighted by molar-refractivity contribution is 0.0791. The molecule has 4 N–H and O–H groups in total. The van der Waals surface area contributed by atoms with Crippen molar-refractivity contribution in [3.8, 4) is 0 Å². The van der Waals surface area contributed by atoms with E-state index in [0.29, 0.717) is 17.8 Å². The second-order valence-electron chi connectivity index (χ2n) is 5.76. The number of nitrogens with zero attached hydrogens (tertiary/aromatic N) is 2. The molecule has 0 saturated carbocycles. The number of carbonyl (C=O) groups excluding carboxylic acids is 1. The summed E-state index contributed by atoms with van der Waals surface area (Å²) in [5, 5.41) is 8.03. The molecule has 112 valence electrons. The number of H-pyrrole nitrogens is 2. The number of fused-ring (bicyclic) bond motifs is 1. The Labute approximate surface area is 127 Å². The quantitative estimate of drug-likeness (QED) is 0.676. The third-order valence-corrected chi connectivity index (χ3v) is 4.39. The summed E-state index contributed by atoms with van der Waals surface area (Å²) in [6, 6.07) is 7.77. The van der Waals surface area contributed by atoms with E-state index in [-0.39, 0.29) is 11.8 Å². The minimum Gasteiger partial charge on any atom is -0.396 e. The van der Waals surface area contributed by atoms with Crippen molar-refractivity contribution in [3.05, 3.63) is 47.9 Å². The van der Waals surface area contributed by atoms with Crippen LogP contribution in [-0.2, 0) is 0 Å². The molecule has 0 bridgehead atoms. The smallest absolute Gasteiger partial charge is 0.253 e. The Hall–Kier alpha value is -2.76. The Morgan fingerprint density at radius 1 is 1.36 bits per heavy atom. The molecule has 3 aromatic rings. The largest absolute Gasteiger partial charge is 0.396 e. The summed E-state index contributed by atoms with van der Waals surface area (Å²) >= 11 is 0. The lowest BCUT2D eigenvalue weighted by Gasteiger charge is -2.16. The van der Waals surface area contributed by atoms with Crippen LogP contribution in [0.5, 0.6) is 0 Å². The molecule has 0 aliphatic carbocycles. The number of aromatic amines is 2. The van der Waals surface area contributed by atoms with Crippen LogP contribution in [0.1, 0.15) is 28.4 Å². The highest BCUT2D eigenvalue weighted by molar-refractivity contribution is 5.98. The molecule has 3 heterocycles. The van der Waals surface area contributed by atoms with Crippen LogP contribution < -0.4 is 5.73 Å². The van der Waals surface area contributed by atoms with E-state index in [1.807, 2.05) is 35.4 Å². The number of rotatable bonds is 2.